The van der Waals surface area contributed by atoms with Crippen LogP contribution in [0.2, 0.25) is 0 Å². The number of hydrogen-bond acceptors (Lipinski definition) is 3. The van der Waals surface area contributed by atoms with Crippen LogP contribution in [0.1, 0.15) is 0 Å². The summed E-state index contributed by atoms with van der Waals surface area (Å²) in [5.74, 6) is 0.714. The highest BCUT2D eigenvalue weighted by molar-refractivity contribution is 6.26. The SMILES string of the molecule is c1ccc(-c2nc(-c3ccc(-n4c5ccccc5c5ccc6c(ccc7oc8ccccc8c76)c54)cc3)nc3ccccc23)cc1. The first-order valence-corrected chi connectivity index (χ1v) is 15.5. The number of hydrogen-bond donors (Lipinski definition) is 0. The Bertz CT molecular complexity index is 2790. The molecule has 3 heterocycles. The van der Waals surface area contributed by atoms with Gasteiger partial charge in [0.15, 0.2) is 5.82 Å². The van der Waals surface area contributed by atoms with E-state index in [2.05, 4.69) is 126 Å². The second kappa shape index (κ2) is 9.62. The zero-order valence-electron chi connectivity index (χ0n) is 24.7. The Kier molecular flexibility index (Phi) is 5.25. The summed E-state index contributed by atoms with van der Waals surface area (Å²) in [5, 5.41) is 8.18. The van der Waals surface area contributed by atoms with Crippen molar-refractivity contribution >= 4 is 65.4 Å². The monoisotopic (exact) mass is 587 g/mol. The van der Waals surface area contributed by atoms with Gasteiger partial charge in [-0.1, -0.05) is 97.1 Å². The minimum Gasteiger partial charge on any atom is -0.456 e. The van der Waals surface area contributed by atoms with Gasteiger partial charge in [-0.15, -0.1) is 0 Å². The molecule has 0 amide bonds. The number of para-hydroxylation sites is 3. The third-order valence-corrected chi connectivity index (χ3v) is 9.20. The van der Waals surface area contributed by atoms with Crippen molar-refractivity contribution in [1.82, 2.24) is 14.5 Å². The van der Waals surface area contributed by atoms with Crippen LogP contribution in [0.25, 0.3) is 93.8 Å². The van der Waals surface area contributed by atoms with E-state index >= 15 is 0 Å². The van der Waals surface area contributed by atoms with Crippen molar-refractivity contribution in [3.05, 3.63) is 152 Å². The Morgan fingerprint density at radius 3 is 1.98 bits per heavy atom. The van der Waals surface area contributed by atoms with E-state index in [0.29, 0.717) is 5.82 Å². The van der Waals surface area contributed by atoms with Gasteiger partial charge in [-0.25, -0.2) is 9.97 Å². The summed E-state index contributed by atoms with van der Waals surface area (Å²) in [4.78, 5) is 10.1. The maximum absolute atomic E-state index is 6.25. The second-order valence-electron chi connectivity index (χ2n) is 11.8. The fourth-order valence-electron chi connectivity index (χ4n) is 7.14. The fraction of sp³-hybridized carbons (Fsp3) is 0. The number of aromatic nitrogens is 3. The summed E-state index contributed by atoms with van der Waals surface area (Å²) in [6.07, 6.45) is 0. The largest absolute Gasteiger partial charge is 0.456 e. The molecule has 0 spiro atoms. The minimum atomic E-state index is 0.714. The molecule has 214 valence electrons. The van der Waals surface area contributed by atoms with Crippen molar-refractivity contribution in [2.75, 3.05) is 0 Å². The van der Waals surface area contributed by atoms with Gasteiger partial charge in [0.2, 0.25) is 0 Å². The zero-order valence-corrected chi connectivity index (χ0v) is 24.7. The van der Waals surface area contributed by atoms with E-state index < -0.39 is 0 Å². The van der Waals surface area contributed by atoms with Crippen molar-refractivity contribution < 1.29 is 4.42 Å². The van der Waals surface area contributed by atoms with Crippen molar-refractivity contribution in [1.29, 1.82) is 0 Å². The molecular formula is C42H25N3O. The number of benzene rings is 7. The quantitative estimate of drug-likeness (QED) is 0.207. The van der Waals surface area contributed by atoms with Crippen LogP contribution in [0.5, 0.6) is 0 Å². The molecule has 0 radical (unpaired) electrons. The molecule has 0 atom stereocenters. The molecular weight excluding hydrogens is 562 g/mol. The van der Waals surface area contributed by atoms with E-state index in [4.69, 9.17) is 14.4 Å². The third-order valence-electron chi connectivity index (χ3n) is 9.20. The highest BCUT2D eigenvalue weighted by Gasteiger charge is 2.18. The van der Waals surface area contributed by atoms with Crippen LogP contribution in [0, 0.1) is 0 Å². The molecule has 0 saturated heterocycles. The van der Waals surface area contributed by atoms with Crippen LogP contribution in [0.3, 0.4) is 0 Å². The predicted octanol–water partition coefficient (Wildman–Crippen LogP) is 11.1. The number of rotatable bonds is 3. The number of nitrogens with zero attached hydrogens (tertiary/aromatic N) is 3. The Morgan fingerprint density at radius 2 is 1.11 bits per heavy atom. The molecule has 4 nitrogen and oxygen atoms in total. The van der Waals surface area contributed by atoms with Crippen LogP contribution in [-0.2, 0) is 0 Å². The first-order valence-electron chi connectivity index (χ1n) is 15.5. The van der Waals surface area contributed by atoms with Gasteiger partial charge in [-0.2, -0.15) is 0 Å². The maximum atomic E-state index is 6.25. The minimum absolute atomic E-state index is 0.714. The van der Waals surface area contributed by atoms with E-state index in [0.717, 1.165) is 55.3 Å². The molecule has 10 rings (SSSR count). The summed E-state index contributed by atoms with van der Waals surface area (Å²) in [6, 6.07) is 53.0. The van der Waals surface area contributed by atoms with Crippen LogP contribution >= 0.6 is 0 Å². The summed E-state index contributed by atoms with van der Waals surface area (Å²) >= 11 is 0. The fourth-order valence-corrected chi connectivity index (χ4v) is 7.14. The third kappa shape index (κ3) is 3.61. The van der Waals surface area contributed by atoms with Gasteiger partial charge in [0, 0.05) is 49.1 Å². The molecule has 0 saturated carbocycles. The molecule has 0 aliphatic carbocycles. The Morgan fingerprint density at radius 1 is 0.435 bits per heavy atom. The van der Waals surface area contributed by atoms with Crippen molar-refractivity contribution in [2.24, 2.45) is 0 Å². The molecule has 3 aromatic heterocycles. The molecule has 0 fully saturated rings. The van der Waals surface area contributed by atoms with E-state index in [-0.39, 0.29) is 0 Å². The lowest BCUT2D eigenvalue weighted by molar-refractivity contribution is 0.669. The van der Waals surface area contributed by atoms with Gasteiger partial charge >= 0.3 is 0 Å². The van der Waals surface area contributed by atoms with Crippen molar-refractivity contribution in [2.45, 2.75) is 0 Å². The van der Waals surface area contributed by atoms with E-state index in [9.17, 15) is 0 Å². The van der Waals surface area contributed by atoms with Crippen molar-refractivity contribution in [3.63, 3.8) is 0 Å². The maximum Gasteiger partial charge on any atom is 0.160 e. The van der Waals surface area contributed by atoms with Crippen LogP contribution in [0.15, 0.2) is 156 Å². The normalized spacial score (nSPS) is 11.9. The smallest absolute Gasteiger partial charge is 0.160 e. The molecule has 7 aromatic carbocycles. The zero-order chi connectivity index (χ0) is 30.2. The molecule has 0 bridgehead atoms. The van der Waals surface area contributed by atoms with Crippen LogP contribution in [0.4, 0.5) is 0 Å². The predicted molar refractivity (Wildman–Crippen MR) is 190 cm³/mol. The molecule has 0 unspecified atom stereocenters. The lowest BCUT2D eigenvalue weighted by Crippen LogP contribution is -1.97. The average molecular weight is 588 g/mol. The molecule has 4 heteroatoms. The first kappa shape index (κ1) is 25.1. The average Bonchev–Trinajstić information content (AvgIpc) is 3.68. The molecule has 10 aromatic rings. The Hall–Kier alpha value is -6.26. The van der Waals surface area contributed by atoms with Gasteiger partial charge in [0.25, 0.3) is 0 Å². The van der Waals surface area contributed by atoms with Gasteiger partial charge in [-0.3, -0.25) is 0 Å². The van der Waals surface area contributed by atoms with Gasteiger partial charge < -0.3 is 8.98 Å². The molecule has 0 aliphatic heterocycles. The lowest BCUT2D eigenvalue weighted by Gasteiger charge is -2.12. The summed E-state index contributed by atoms with van der Waals surface area (Å²) in [5.41, 5.74) is 9.19. The van der Waals surface area contributed by atoms with Gasteiger partial charge in [0.05, 0.1) is 22.2 Å². The Balaban J connectivity index is 1.20. The standard InChI is InChI=1S/C42H25N3O/c1-2-10-26(11-3-1)40-33-13-4-7-15-35(33)43-42(44-40)27-18-20-28(21-19-27)45-36-16-8-5-12-29(36)31-23-22-30-32(41(31)45)24-25-38-39(30)34-14-6-9-17-37(34)46-38/h1-25H. The van der Waals surface area contributed by atoms with Crippen LogP contribution in [-0.4, -0.2) is 14.5 Å². The summed E-state index contributed by atoms with van der Waals surface area (Å²) < 4.78 is 8.64. The van der Waals surface area contributed by atoms with Crippen LogP contribution < -0.4 is 0 Å². The van der Waals surface area contributed by atoms with E-state index in [1.165, 1.54) is 32.6 Å². The topological polar surface area (TPSA) is 43.9 Å². The molecule has 0 aliphatic rings. The molecule has 0 N–H and O–H groups in total. The highest BCUT2D eigenvalue weighted by atomic mass is 16.3. The van der Waals surface area contributed by atoms with E-state index in [1.54, 1.807) is 0 Å². The van der Waals surface area contributed by atoms with Crippen molar-refractivity contribution in [3.8, 4) is 28.3 Å². The van der Waals surface area contributed by atoms with Gasteiger partial charge in [0.1, 0.15) is 11.2 Å². The lowest BCUT2D eigenvalue weighted by atomic mass is 10.0. The number of furan rings is 1. The summed E-state index contributed by atoms with van der Waals surface area (Å²) in [7, 11) is 0. The number of fused-ring (bicyclic) bond motifs is 10. The Labute approximate surface area is 263 Å². The van der Waals surface area contributed by atoms with E-state index in [1.807, 2.05) is 30.3 Å². The van der Waals surface area contributed by atoms with Gasteiger partial charge in [-0.05, 0) is 60.0 Å². The first-order chi connectivity index (χ1) is 22.8. The highest BCUT2D eigenvalue weighted by Crippen LogP contribution is 2.41. The summed E-state index contributed by atoms with van der Waals surface area (Å²) in [6.45, 7) is 0. The second-order valence-corrected chi connectivity index (χ2v) is 11.8. The molecule has 46 heavy (non-hydrogen) atoms.